The minimum Gasteiger partial charge on any atom is -0.381 e. The Morgan fingerprint density at radius 2 is 2.11 bits per heavy atom. The first-order chi connectivity index (χ1) is 9.11. The smallest absolute Gasteiger partial charge is 0.140 e. The van der Waals surface area contributed by atoms with Crippen molar-refractivity contribution in [3.05, 3.63) is 63.9 Å². The molecule has 0 radical (unpaired) electrons. The molecule has 0 spiro atoms. The Labute approximate surface area is 116 Å². The molecular weight excluding hydrogens is 263 g/mol. The van der Waals surface area contributed by atoms with Gasteiger partial charge in [-0.25, -0.2) is 4.39 Å². The number of hydrogen-bond donors (Lipinski definition) is 1. The fourth-order valence-electron chi connectivity index (χ4n) is 1.76. The summed E-state index contributed by atoms with van der Waals surface area (Å²) in [6, 6.07) is 12.0. The van der Waals surface area contributed by atoms with E-state index < -0.39 is 5.82 Å². The number of benzene rings is 2. The molecule has 0 atom stereocenters. The number of rotatable bonds is 3. The Morgan fingerprint density at radius 3 is 2.84 bits per heavy atom. The van der Waals surface area contributed by atoms with Crippen LogP contribution in [0.2, 0.25) is 5.02 Å². The van der Waals surface area contributed by atoms with Crippen LogP contribution in [-0.2, 0) is 6.54 Å². The van der Waals surface area contributed by atoms with E-state index >= 15 is 0 Å². The van der Waals surface area contributed by atoms with Crippen LogP contribution < -0.4 is 5.32 Å². The molecule has 0 amide bonds. The number of nitrogens with one attached hydrogen (secondary N) is 1. The summed E-state index contributed by atoms with van der Waals surface area (Å²) in [5, 5.41) is 12.7. The van der Waals surface area contributed by atoms with Crippen LogP contribution in [0, 0.1) is 24.1 Å². The van der Waals surface area contributed by atoms with Crippen molar-refractivity contribution in [2.75, 3.05) is 5.32 Å². The molecule has 0 aliphatic carbocycles. The average molecular weight is 275 g/mol. The van der Waals surface area contributed by atoms with Gasteiger partial charge in [-0.05, 0) is 42.3 Å². The van der Waals surface area contributed by atoms with Crippen molar-refractivity contribution in [2.24, 2.45) is 0 Å². The Hall–Kier alpha value is -2.05. The number of nitrogens with zero attached hydrogens (tertiary/aromatic N) is 1. The molecule has 2 nitrogen and oxygen atoms in total. The lowest BCUT2D eigenvalue weighted by molar-refractivity contribution is 0.623. The first-order valence-corrected chi connectivity index (χ1v) is 6.17. The molecule has 0 saturated carbocycles. The van der Waals surface area contributed by atoms with Gasteiger partial charge in [0.05, 0.1) is 5.56 Å². The Balaban J connectivity index is 2.15. The highest BCUT2D eigenvalue weighted by atomic mass is 35.5. The maximum Gasteiger partial charge on any atom is 0.140 e. The van der Waals surface area contributed by atoms with E-state index in [-0.39, 0.29) is 5.56 Å². The molecule has 0 aromatic heterocycles. The van der Waals surface area contributed by atoms with Crippen LogP contribution in [0.25, 0.3) is 0 Å². The monoisotopic (exact) mass is 274 g/mol. The molecule has 0 saturated heterocycles. The maximum absolute atomic E-state index is 13.2. The van der Waals surface area contributed by atoms with Crippen molar-refractivity contribution in [3.63, 3.8) is 0 Å². The molecule has 19 heavy (non-hydrogen) atoms. The van der Waals surface area contributed by atoms with Crippen molar-refractivity contribution in [3.8, 4) is 6.07 Å². The van der Waals surface area contributed by atoms with Gasteiger partial charge in [0.2, 0.25) is 0 Å². The second-order valence-electron chi connectivity index (χ2n) is 4.19. The summed E-state index contributed by atoms with van der Waals surface area (Å²) >= 11 is 6.03. The van der Waals surface area contributed by atoms with Gasteiger partial charge < -0.3 is 5.32 Å². The maximum atomic E-state index is 13.2. The highest BCUT2D eigenvalue weighted by Crippen LogP contribution is 2.23. The van der Waals surface area contributed by atoms with Gasteiger partial charge in [-0.3, -0.25) is 0 Å². The average Bonchev–Trinajstić information content (AvgIpc) is 2.42. The van der Waals surface area contributed by atoms with Crippen molar-refractivity contribution < 1.29 is 4.39 Å². The van der Waals surface area contributed by atoms with E-state index in [0.29, 0.717) is 11.6 Å². The third-order valence-electron chi connectivity index (χ3n) is 2.90. The van der Waals surface area contributed by atoms with Gasteiger partial charge in [0.15, 0.2) is 0 Å². The third-order valence-corrected chi connectivity index (χ3v) is 3.31. The SMILES string of the molecule is Cc1c(Cl)cccc1NCc1ccc(F)c(C#N)c1. The van der Waals surface area contributed by atoms with Crippen LogP contribution in [0.4, 0.5) is 10.1 Å². The van der Waals surface area contributed by atoms with Crippen molar-refractivity contribution in [2.45, 2.75) is 13.5 Å². The highest BCUT2D eigenvalue weighted by Gasteiger charge is 2.04. The van der Waals surface area contributed by atoms with Gasteiger partial charge >= 0.3 is 0 Å². The summed E-state index contributed by atoms with van der Waals surface area (Å²) in [6.07, 6.45) is 0. The molecule has 0 fully saturated rings. The van der Waals surface area contributed by atoms with Gasteiger partial charge in [-0.2, -0.15) is 5.26 Å². The molecule has 4 heteroatoms. The largest absolute Gasteiger partial charge is 0.381 e. The molecule has 0 heterocycles. The molecule has 0 bridgehead atoms. The van der Waals surface area contributed by atoms with Crippen molar-refractivity contribution in [1.29, 1.82) is 5.26 Å². The molecule has 0 aliphatic rings. The normalized spacial score (nSPS) is 10.0. The second kappa shape index (κ2) is 5.73. The lowest BCUT2D eigenvalue weighted by Gasteiger charge is -2.11. The first kappa shape index (κ1) is 13.4. The number of hydrogen-bond acceptors (Lipinski definition) is 2. The van der Waals surface area contributed by atoms with Crippen molar-refractivity contribution >= 4 is 17.3 Å². The zero-order valence-electron chi connectivity index (χ0n) is 10.4. The predicted octanol–water partition coefficient (Wildman–Crippen LogP) is 4.27. The van der Waals surface area contributed by atoms with Gasteiger partial charge in [0.25, 0.3) is 0 Å². The van der Waals surface area contributed by atoms with E-state index in [9.17, 15) is 4.39 Å². The molecule has 96 valence electrons. The summed E-state index contributed by atoms with van der Waals surface area (Å²) in [4.78, 5) is 0. The molecular formula is C15H12ClFN2. The summed E-state index contributed by atoms with van der Waals surface area (Å²) in [5.41, 5.74) is 2.79. The van der Waals surface area contributed by atoms with Crippen LogP contribution in [0.3, 0.4) is 0 Å². The minimum absolute atomic E-state index is 0.0575. The van der Waals surface area contributed by atoms with Gasteiger partial charge in [0, 0.05) is 17.3 Å². The predicted molar refractivity (Wildman–Crippen MR) is 74.6 cm³/mol. The standard InChI is InChI=1S/C15H12ClFN2/c1-10-13(16)3-2-4-15(10)19-9-11-5-6-14(17)12(7-11)8-18/h2-7,19H,9H2,1H3. The summed E-state index contributed by atoms with van der Waals surface area (Å²) in [5.74, 6) is -0.495. The topological polar surface area (TPSA) is 35.8 Å². The van der Waals surface area contributed by atoms with Crippen LogP contribution >= 0.6 is 11.6 Å². The summed E-state index contributed by atoms with van der Waals surface area (Å²) in [6.45, 7) is 2.44. The highest BCUT2D eigenvalue weighted by molar-refractivity contribution is 6.31. The van der Waals surface area contributed by atoms with Gasteiger partial charge in [0.1, 0.15) is 11.9 Å². The quantitative estimate of drug-likeness (QED) is 0.907. The summed E-state index contributed by atoms with van der Waals surface area (Å²) < 4.78 is 13.2. The lowest BCUT2D eigenvalue weighted by atomic mass is 10.1. The molecule has 2 aromatic rings. The first-order valence-electron chi connectivity index (χ1n) is 5.79. The minimum atomic E-state index is -0.495. The lowest BCUT2D eigenvalue weighted by Crippen LogP contribution is -2.02. The van der Waals surface area contributed by atoms with E-state index in [1.165, 1.54) is 6.07 Å². The van der Waals surface area contributed by atoms with Crippen molar-refractivity contribution in [1.82, 2.24) is 0 Å². The molecule has 0 unspecified atom stereocenters. The van der Waals surface area contributed by atoms with E-state index in [1.54, 1.807) is 12.1 Å². The Bertz CT molecular complexity index is 647. The molecule has 2 aromatic carbocycles. The van der Waals surface area contributed by atoms with E-state index in [0.717, 1.165) is 16.8 Å². The van der Waals surface area contributed by atoms with Crippen LogP contribution in [0.5, 0.6) is 0 Å². The Kier molecular flexibility index (Phi) is 4.03. The summed E-state index contributed by atoms with van der Waals surface area (Å²) in [7, 11) is 0. The van der Waals surface area contributed by atoms with Gasteiger partial charge in [-0.15, -0.1) is 0 Å². The van der Waals surface area contributed by atoms with E-state index in [2.05, 4.69) is 5.32 Å². The van der Waals surface area contributed by atoms with E-state index in [4.69, 9.17) is 16.9 Å². The van der Waals surface area contributed by atoms with Crippen LogP contribution in [0.1, 0.15) is 16.7 Å². The van der Waals surface area contributed by atoms with Crippen LogP contribution in [0.15, 0.2) is 36.4 Å². The zero-order chi connectivity index (χ0) is 13.8. The van der Waals surface area contributed by atoms with Crippen LogP contribution in [-0.4, -0.2) is 0 Å². The molecule has 2 rings (SSSR count). The fourth-order valence-corrected chi connectivity index (χ4v) is 1.94. The zero-order valence-corrected chi connectivity index (χ0v) is 11.1. The van der Waals surface area contributed by atoms with Gasteiger partial charge in [-0.1, -0.05) is 23.7 Å². The Morgan fingerprint density at radius 1 is 1.32 bits per heavy atom. The number of halogens is 2. The third kappa shape index (κ3) is 3.04. The van der Waals surface area contributed by atoms with E-state index in [1.807, 2.05) is 31.2 Å². The number of nitriles is 1. The molecule has 0 aliphatic heterocycles. The number of anilines is 1. The second-order valence-corrected chi connectivity index (χ2v) is 4.60. The molecule has 1 N–H and O–H groups in total. The fraction of sp³-hybridized carbons (Fsp3) is 0.133.